The van der Waals surface area contributed by atoms with Crippen molar-refractivity contribution in [3.63, 3.8) is 0 Å². The van der Waals surface area contributed by atoms with E-state index >= 15 is 0 Å². The molecule has 0 aromatic rings. The highest BCUT2D eigenvalue weighted by atomic mass is 35.5. The third kappa shape index (κ3) is 3.89. The van der Waals surface area contributed by atoms with Crippen LogP contribution in [0.15, 0.2) is 0 Å². The van der Waals surface area contributed by atoms with Gasteiger partial charge in [0, 0.05) is 0 Å². The number of thioether (sulfide) groups is 1. The van der Waals surface area contributed by atoms with Gasteiger partial charge in [0.25, 0.3) is 0 Å². The third-order valence-corrected chi connectivity index (χ3v) is 2.14. The Kier molecular flexibility index (Phi) is 5.44. The number of carbonyl (C=O) groups excluding carboxylic acids is 1. The van der Waals surface area contributed by atoms with E-state index in [4.69, 9.17) is 23.2 Å². The summed E-state index contributed by atoms with van der Waals surface area (Å²) in [6, 6.07) is 0. The Balaban J connectivity index is 3.45. The van der Waals surface area contributed by atoms with E-state index in [1.807, 2.05) is 0 Å². The number of carbonyl (C=O) groups is 1. The fourth-order valence-corrected chi connectivity index (χ4v) is 1.41. The molecule has 0 aliphatic carbocycles. The van der Waals surface area contributed by atoms with E-state index in [9.17, 15) is 4.79 Å². The summed E-state index contributed by atoms with van der Waals surface area (Å²) >= 11 is 11.8. The van der Waals surface area contributed by atoms with Crippen LogP contribution in [0.25, 0.3) is 0 Å². The van der Waals surface area contributed by atoms with Crippen molar-refractivity contribution >= 4 is 40.9 Å². The molecule has 0 saturated heterocycles. The minimum atomic E-state index is -0.674. The fourth-order valence-electron chi connectivity index (χ4n) is 0.216. The van der Waals surface area contributed by atoms with Gasteiger partial charge in [0.2, 0.25) is 0 Å². The van der Waals surface area contributed by atoms with Crippen LogP contribution >= 0.6 is 35.0 Å². The van der Waals surface area contributed by atoms with Gasteiger partial charge >= 0.3 is 5.97 Å². The van der Waals surface area contributed by atoms with Crippen molar-refractivity contribution in [2.75, 3.05) is 12.3 Å². The molecule has 0 spiro atoms. The normalized spacial score (nSPS) is 12.8. The predicted octanol–water partition coefficient (Wildman–Crippen LogP) is 1.65. The molecule has 0 aliphatic heterocycles. The molecule has 54 valence electrons. The first-order chi connectivity index (χ1) is 4.22. The van der Waals surface area contributed by atoms with Crippen LogP contribution < -0.4 is 0 Å². The van der Waals surface area contributed by atoms with Crippen molar-refractivity contribution in [3.8, 4) is 0 Å². The second-order valence-electron chi connectivity index (χ2n) is 1.11. The van der Waals surface area contributed by atoms with E-state index in [0.29, 0.717) is 5.21 Å². The van der Waals surface area contributed by atoms with Gasteiger partial charge in [-0.1, -0.05) is 11.6 Å². The molecule has 0 amide bonds. The average Bonchev–Trinajstić information content (AvgIpc) is 1.87. The van der Waals surface area contributed by atoms with E-state index in [-0.39, 0.29) is 0 Å². The van der Waals surface area contributed by atoms with Crippen LogP contribution in [0.1, 0.15) is 0 Å². The largest absolute Gasteiger partial charge is 0.467 e. The summed E-state index contributed by atoms with van der Waals surface area (Å²) < 4.78 is 3.64. The minimum Gasteiger partial charge on any atom is -0.467 e. The number of rotatable bonds is 3. The lowest BCUT2D eigenvalue weighted by atomic mass is 10.8. The topological polar surface area (TPSA) is 26.3 Å². The number of halogens is 2. The molecular weight excluding hydrogens is 183 g/mol. The molecule has 2 nitrogen and oxygen atoms in total. The van der Waals surface area contributed by atoms with Gasteiger partial charge in [-0.2, -0.15) is 0 Å². The summed E-state index contributed by atoms with van der Waals surface area (Å²) in [7, 11) is 1.28. The minimum absolute atomic E-state index is 0.295. The Hall–Kier alpha value is 0.400. The molecule has 0 aliphatic rings. The summed E-state index contributed by atoms with van der Waals surface area (Å²) in [5, 5.41) is 0.295. The van der Waals surface area contributed by atoms with Crippen LogP contribution in [0.4, 0.5) is 0 Å². The quantitative estimate of drug-likeness (QED) is 0.498. The van der Waals surface area contributed by atoms with Gasteiger partial charge in [-0.15, -0.1) is 23.4 Å². The first kappa shape index (κ1) is 9.40. The van der Waals surface area contributed by atoms with Crippen molar-refractivity contribution < 1.29 is 9.53 Å². The summed E-state index contributed by atoms with van der Waals surface area (Å²) in [6.07, 6.45) is 0. The predicted molar refractivity (Wildman–Crippen MR) is 40.0 cm³/mol. The Morgan fingerprint density at radius 1 is 1.89 bits per heavy atom. The maximum atomic E-state index is 10.5. The third-order valence-electron chi connectivity index (χ3n) is 0.596. The summed E-state index contributed by atoms with van der Waals surface area (Å²) in [5.74, 6) is -0.456. The summed E-state index contributed by atoms with van der Waals surface area (Å²) in [6.45, 7) is 0. The maximum absolute atomic E-state index is 10.5. The van der Waals surface area contributed by atoms with Gasteiger partial charge < -0.3 is 4.74 Å². The molecule has 1 unspecified atom stereocenters. The van der Waals surface area contributed by atoms with Crippen LogP contribution in [0.2, 0.25) is 0 Å². The highest BCUT2D eigenvalue weighted by Gasteiger charge is 2.14. The molecule has 0 fully saturated rings. The van der Waals surface area contributed by atoms with Gasteiger partial charge in [0.1, 0.15) is 0 Å². The smallest absolute Gasteiger partial charge is 0.334 e. The SMILES string of the molecule is COC(=O)C(Cl)SCCl. The molecule has 9 heavy (non-hydrogen) atoms. The number of hydrogen-bond acceptors (Lipinski definition) is 3. The lowest BCUT2D eigenvalue weighted by molar-refractivity contribution is -0.138. The van der Waals surface area contributed by atoms with Gasteiger partial charge in [-0.05, 0) is 0 Å². The molecule has 5 heteroatoms. The van der Waals surface area contributed by atoms with E-state index in [1.54, 1.807) is 0 Å². The van der Waals surface area contributed by atoms with Crippen LogP contribution in [0.5, 0.6) is 0 Å². The molecular formula is C4H6Cl2O2S. The number of hydrogen-bond donors (Lipinski definition) is 0. The average molecular weight is 189 g/mol. The Labute approximate surface area is 67.8 Å². The van der Waals surface area contributed by atoms with Crippen LogP contribution in [0.3, 0.4) is 0 Å². The number of esters is 1. The summed E-state index contributed by atoms with van der Waals surface area (Å²) in [4.78, 5) is 10.5. The molecule has 0 radical (unpaired) electrons. The molecule has 0 aromatic heterocycles. The zero-order chi connectivity index (χ0) is 7.28. The number of methoxy groups -OCH3 is 1. The van der Waals surface area contributed by atoms with E-state index < -0.39 is 10.7 Å². The standard InChI is InChI=1S/C4H6Cl2O2S/c1-8-4(7)3(6)9-2-5/h3H,2H2,1H3. The Morgan fingerprint density at radius 2 is 2.44 bits per heavy atom. The van der Waals surface area contributed by atoms with Crippen molar-refractivity contribution in [1.29, 1.82) is 0 Å². The lowest BCUT2D eigenvalue weighted by Crippen LogP contribution is -2.11. The lowest BCUT2D eigenvalue weighted by Gasteiger charge is -2.02. The highest BCUT2D eigenvalue weighted by Crippen LogP contribution is 2.17. The number of alkyl halides is 2. The van der Waals surface area contributed by atoms with Gasteiger partial charge in [-0.25, -0.2) is 4.79 Å². The zero-order valence-corrected chi connectivity index (χ0v) is 7.09. The van der Waals surface area contributed by atoms with Crippen LogP contribution in [-0.4, -0.2) is 23.0 Å². The van der Waals surface area contributed by atoms with Crippen molar-refractivity contribution in [3.05, 3.63) is 0 Å². The van der Waals surface area contributed by atoms with Gasteiger partial charge in [0.05, 0.1) is 12.3 Å². The second kappa shape index (κ2) is 5.21. The molecule has 0 rings (SSSR count). The number of ether oxygens (including phenoxy) is 1. The van der Waals surface area contributed by atoms with Gasteiger partial charge in [-0.3, -0.25) is 0 Å². The molecule has 0 N–H and O–H groups in total. The fraction of sp³-hybridized carbons (Fsp3) is 0.750. The Morgan fingerprint density at radius 3 is 2.78 bits per heavy atom. The molecule has 1 atom stereocenters. The monoisotopic (exact) mass is 188 g/mol. The first-order valence-corrected chi connectivity index (χ1v) is 4.13. The van der Waals surface area contributed by atoms with Crippen molar-refractivity contribution in [1.82, 2.24) is 0 Å². The highest BCUT2D eigenvalue weighted by molar-refractivity contribution is 8.02. The van der Waals surface area contributed by atoms with Crippen LogP contribution in [-0.2, 0) is 9.53 Å². The first-order valence-electron chi connectivity index (χ1n) is 2.12. The van der Waals surface area contributed by atoms with Gasteiger partial charge in [0.15, 0.2) is 4.71 Å². The zero-order valence-electron chi connectivity index (χ0n) is 4.77. The molecule has 0 aromatic carbocycles. The molecule has 0 bridgehead atoms. The van der Waals surface area contributed by atoms with Crippen LogP contribution in [0, 0.1) is 0 Å². The van der Waals surface area contributed by atoms with E-state index in [0.717, 1.165) is 11.8 Å². The molecule has 0 heterocycles. The molecule has 0 saturated carbocycles. The Bertz CT molecular complexity index is 98.6. The van der Waals surface area contributed by atoms with E-state index in [1.165, 1.54) is 7.11 Å². The van der Waals surface area contributed by atoms with Crippen molar-refractivity contribution in [2.24, 2.45) is 0 Å². The van der Waals surface area contributed by atoms with E-state index in [2.05, 4.69) is 4.74 Å². The summed E-state index contributed by atoms with van der Waals surface area (Å²) in [5.41, 5.74) is 0. The van der Waals surface area contributed by atoms with Crippen molar-refractivity contribution in [2.45, 2.75) is 4.71 Å². The maximum Gasteiger partial charge on any atom is 0.334 e. The second-order valence-corrected chi connectivity index (χ2v) is 3.49.